The van der Waals surface area contributed by atoms with Crippen LogP contribution in [0.1, 0.15) is 6.92 Å². The Labute approximate surface area is 146 Å². The molecule has 0 saturated carbocycles. The molecule has 2 rings (SSSR count). The fourth-order valence-electron chi connectivity index (χ4n) is 1.95. The van der Waals surface area contributed by atoms with Crippen molar-refractivity contribution < 1.29 is 23.2 Å². The number of nitro benzene ring substituents is 1. The summed E-state index contributed by atoms with van der Waals surface area (Å²) in [5.41, 5.74) is 0.0794. The number of nitro groups is 1. The lowest BCUT2D eigenvalue weighted by atomic mass is 10.2. The van der Waals surface area contributed by atoms with E-state index in [1.807, 2.05) is 0 Å². The maximum absolute atomic E-state index is 13.7. The standard InChI is InChI=1S/C16H14F2N2O4S/c1-9(25-15-6-3-10(17)7-12(15)18)16(21)19-13-5-4-11(20(22)23)8-14(13)24-2/h3-9H,1-2H3,(H,19,21)/t9-/m0/s1. The van der Waals surface area contributed by atoms with Gasteiger partial charge in [0.25, 0.3) is 5.69 Å². The van der Waals surface area contributed by atoms with E-state index in [0.717, 1.165) is 23.9 Å². The summed E-state index contributed by atoms with van der Waals surface area (Å²) in [7, 11) is 1.32. The second-order valence-electron chi connectivity index (χ2n) is 4.97. The SMILES string of the molecule is COc1cc([N+](=O)[O-])ccc1NC(=O)[C@H](C)Sc1ccc(F)cc1F. The van der Waals surface area contributed by atoms with Gasteiger partial charge in [-0.05, 0) is 25.1 Å². The summed E-state index contributed by atoms with van der Waals surface area (Å²) in [6.07, 6.45) is 0. The number of hydrogen-bond donors (Lipinski definition) is 1. The predicted molar refractivity (Wildman–Crippen MR) is 90.0 cm³/mol. The van der Waals surface area contributed by atoms with Gasteiger partial charge >= 0.3 is 0 Å². The molecule has 132 valence electrons. The molecule has 9 heteroatoms. The van der Waals surface area contributed by atoms with Crippen molar-refractivity contribution in [2.45, 2.75) is 17.1 Å². The molecule has 1 atom stereocenters. The lowest BCUT2D eigenvalue weighted by Gasteiger charge is -2.14. The average molecular weight is 368 g/mol. The number of nitrogens with zero attached hydrogens (tertiary/aromatic N) is 1. The Morgan fingerprint density at radius 2 is 2.00 bits per heavy atom. The molecular weight excluding hydrogens is 354 g/mol. The first kappa shape index (κ1) is 18.7. The Balaban J connectivity index is 2.11. The molecule has 0 bridgehead atoms. The number of rotatable bonds is 6. The number of carbonyl (C=O) groups excluding carboxylic acids is 1. The summed E-state index contributed by atoms with van der Waals surface area (Å²) in [6, 6.07) is 6.88. The van der Waals surface area contributed by atoms with Crippen LogP contribution in [-0.4, -0.2) is 23.2 Å². The molecule has 0 saturated heterocycles. The van der Waals surface area contributed by atoms with Crippen molar-refractivity contribution in [3.8, 4) is 5.75 Å². The van der Waals surface area contributed by atoms with Crippen LogP contribution in [0.25, 0.3) is 0 Å². The van der Waals surface area contributed by atoms with Gasteiger partial charge in [-0.2, -0.15) is 0 Å². The third-order valence-corrected chi connectivity index (χ3v) is 4.37. The minimum Gasteiger partial charge on any atom is -0.494 e. The van der Waals surface area contributed by atoms with Crippen molar-refractivity contribution in [1.29, 1.82) is 0 Å². The van der Waals surface area contributed by atoms with E-state index in [9.17, 15) is 23.7 Å². The molecule has 2 aromatic rings. The highest BCUT2D eigenvalue weighted by molar-refractivity contribution is 8.00. The first-order valence-electron chi connectivity index (χ1n) is 7.07. The van der Waals surface area contributed by atoms with Gasteiger partial charge < -0.3 is 10.1 Å². The molecule has 0 aliphatic carbocycles. The van der Waals surface area contributed by atoms with Gasteiger partial charge in [-0.25, -0.2) is 8.78 Å². The monoisotopic (exact) mass is 368 g/mol. The van der Waals surface area contributed by atoms with Gasteiger partial charge in [0, 0.05) is 17.0 Å². The molecule has 1 amide bonds. The summed E-state index contributed by atoms with van der Waals surface area (Å²) < 4.78 is 31.6. The van der Waals surface area contributed by atoms with Crippen molar-refractivity contribution in [1.82, 2.24) is 0 Å². The number of anilines is 1. The quantitative estimate of drug-likeness (QED) is 0.473. The number of hydrogen-bond acceptors (Lipinski definition) is 5. The van der Waals surface area contributed by atoms with Crippen LogP contribution in [0.4, 0.5) is 20.2 Å². The summed E-state index contributed by atoms with van der Waals surface area (Å²) in [4.78, 5) is 22.6. The van der Waals surface area contributed by atoms with Crippen LogP contribution in [0.3, 0.4) is 0 Å². The van der Waals surface area contributed by atoms with Gasteiger partial charge in [-0.1, -0.05) is 0 Å². The summed E-state index contributed by atoms with van der Waals surface area (Å²) in [6.45, 7) is 1.56. The van der Waals surface area contributed by atoms with Gasteiger partial charge in [0.2, 0.25) is 5.91 Å². The van der Waals surface area contributed by atoms with Gasteiger partial charge in [0.15, 0.2) is 0 Å². The first-order valence-corrected chi connectivity index (χ1v) is 7.94. The second kappa shape index (κ2) is 7.93. The topological polar surface area (TPSA) is 81.5 Å². The zero-order valence-corrected chi connectivity index (χ0v) is 14.1. The average Bonchev–Trinajstić information content (AvgIpc) is 2.57. The van der Waals surface area contributed by atoms with Crippen LogP contribution in [0.15, 0.2) is 41.3 Å². The van der Waals surface area contributed by atoms with E-state index < -0.39 is 27.7 Å². The molecule has 0 spiro atoms. The Morgan fingerprint density at radius 1 is 1.28 bits per heavy atom. The molecule has 1 N–H and O–H groups in total. The zero-order valence-electron chi connectivity index (χ0n) is 13.3. The van der Waals surface area contributed by atoms with Crippen LogP contribution in [0, 0.1) is 21.7 Å². The Bertz CT molecular complexity index is 817. The Morgan fingerprint density at radius 3 is 2.60 bits per heavy atom. The number of halogens is 2. The van der Waals surface area contributed by atoms with E-state index in [4.69, 9.17) is 4.74 Å². The zero-order chi connectivity index (χ0) is 18.6. The predicted octanol–water partition coefficient (Wildman–Crippen LogP) is 4.00. The molecule has 0 unspecified atom stereocenters. The summed E-state index contributed by atoms with van der Waals surface area (Å²) in [5, 5.41) is 12.6. The van der Waals surface area contributed by atoms with Crippen molar-refractivity contribution in [3.05, 3.63) is 58.1 Å². The normalized spacial score (nSPS) is 11.7. The fourth-order valence-corrected chi connectivity index (χ4v) is 2.81. The molecule has 0 aliphatic rings. The van der Waals surface area contributed by atoms with E-state index in [1.54, 1.807) is 6.92 Å². The number of carbonyl (C=O) groups is 1. The van der Waals surface area contributed by atoms with E-state index in [-0.39, 0.29) is 22.0 Å². The number of amides is 1. The minimum absolute atomic E-state index is 0.132. The maximum atomic E-state index is 13.7. The molecule has 0 heterocycles. The molecule has 25 heavy (non-hydrogen) atoms. The molecular formula is C16H14F2N2O4S. The van der Waals surface area contributed by atoms with E-state index in [2.05, 4.69) is 5.32 Å². The number of ether oxygens (including phenoxy) is 1. The van der Waals surface area contributed by atoms with E-state index >= 15 is 0 Å². The van der Waals surface area contributed by atoms with Crippen LogP contribution in [0.5, 0.6) is 5.75 Å². The minimum atomic E-state index is -0.752. The Hall–Kier alpha value is -2.68. The molecule has 2 aromatic carbocycles. The third-order valence-electron chi connectivity index (χ3n) is 3.22. The summed E-state index contributed by atoms with van der Waals surface area (Å²) in [5.74, 6) is -1.78. The van der Waals surface area contributed by atoms with Crippen LogP contribution >= 0.6 is 11.8 Å². The van der Waals surface area contributed by atoms with Gasteiger partial charge in [0.05, 0.1) is 29.0 Å². The van der Waals surface area contributed by atoms with Crippen molar-refractivity contribution in [2.24, 2.45) is 0 Å². The van der Waals surface area contributed by atoms with Crippen LogP contribution < -0.4 is 10.1 Å². The number of methoxy groups -OCH3 is 1. The largest absolute Gasteiger partial charge is 0.494 e. The van der Waals surface area contributed by atoms with Crippen LogP contribution in [0.2, 0.25) is 0 Å². The van der Waals surface area contributed by atoms with Gasteiger partial charge in [-0.3, -0.25) is 14.9 Å². The van der Waals surface area contributed by atoms with Gasteiger partial charge in [0.1, 0.15) is 17.4 Å². The molecule has 0 radical (unpaired) electrons. The number of non-ortho nitro benzene ring substituents is 1. The number of benzene rings is 2. The maximum Gasteiger partial charge on any atom is 0.273 e. The fraction of sp³-hybridized carbons (Fsp3) is 0.188. The molecule has 0 fully saturated rings. The smallest absolute Gasteiger partial charge is 0.273 e. The highest BCUT2D eigenvalue weighted by Crippen LogP contribution is 2.31. The lowest BCUT2D eigenvalue weighted by Crippen LogP contribution is -2.22. The number of thioether (sulfide) groups is 1. The second-order valence-corrected chi connectivity index (χ2v) is 6.35. The van der Waals surface area contributed by atoms with Gasteiger partial charge in [-0.15, -0.1) is 11.8 Å². The third kappa shape index (κ3) is 4.66. The molecule has 6 nitrogen and oxygen atoms in total. The molecule has 0 aliphatic heterocycles. The highest BCUT2D eigenvalue weighted by Gasteiger charge is 2.19. The van der Waals surface area contributed by atoms with Crippen LogP contribution in [-0.2, 0) is 4.79 Å². The highest BCUT2D eigenvalue weighted by atomic mass is 32.2. The van der Waals surface area contributed by atoms with Crippen molar-refractivity contribution in [3.63, 3.8) is 0 Å². The summed E-state index contributed by atoms with van der Waals surface area (Å²) >= 11 is 0.925. The number of nitrogens with one attached hydrogen (secondary N) is 1. The lowest BCUT2D eigenvalue weighted by molar-refractivity contribution is -0.384. The van der Waals surface area contributed by atoms with Crippen molar-refractivity contribution in [2.75, 3.05) is 12.4 Å². The Kier molecular flexibility index (Phi) is 5.92. The first-order chi connectivity index (χ1) is 11.8. The van der Waals surface area contributed by atoms with E-state index in [0.29, 0.717) is 0 Å². The van der Waals surface area contributed by atoms with E-state index in [1.165, 1.54) is 31.4 Å². The molecule has 0 aromatic heterocycles. The van der Waals surface area contributed by atoms with Crippen molar-refractivity contribution >= 4 is 29.0 Å².